The maximum atomic E-state index is 6.41. The van der Waals surface area contributed by atoms with Gasteiger partial charge in [0.15, 0.2) is 0 Å². The van der Waals surface area contributed by atoms with Gasteiger partial charge in [-0.05, 0) is 59.0 Å². The third-order valence-corrected chi connectivity index (χ3v) is 9.54. The molecule has 3 heteroatoms. The van der Waals surface area contributed by atoms with Crippen molar-refractivity contribution in [3.8, 4) is 11.1 Å². The molecule has 0 spiro atoms. The molecule has 2 aromatic heterocycles. The predicted molar refractivity (Wildman–Crippen MR) is 184 cm³/mol. The van der Waals surface area contributed by atoms with Gasteiger partial charge >= 0.3 is 0 Å². The highest BCUT2D eigenvalue weighted by Crippen LogP contribution is 2.49. The third kappa shape index (κ3) is 3.86. The standard InChI is InChI=1S/C40H25NOS/c1-2-11-26(12-3-1)27-14-10-15-29(23-27)41(30-21-22-33-32-17-6-8-19-35(32)42-36(33)25-30)40-31-16-5-4-13-28(31)24-38-39(40)34-18-7-9-20-37(34)43-38/h1-25H. The fourth-order valence-electron chi connectivity index (χ4n) is 6.47. The zero-order valence-corrected chi connectivity index (χ0v) is 24.0. The van der Waals surface area contributed by atoms with Crippen molar-refractivity contribution in [2.45, 2.75) is 0 Å². The summed E-state index contributed by atoms with van der Waals surface area (Å²) < 4.78 is 8.99. The van der Waals surface area contributed by atoms with E-state index in [1.807, 2.05) is 23.5 Å². The van der Waals surface area contributed by atoms with Gasteiger partial charge in [0.1, 0.15) is 11.2 Å². The van der Waals surface area contributed by atoms with Gasteiger partial charge in [0, 0.05) is 53.8 Å². The number of para-hydroxylation sites is 1. The van der Waals surface area contributed by atoms with Crippen molar-refractivity contribution in [2.24, 2.45) is 0 Å². The molecule has 0 bridgehead atoms. The van der Waals surface area contributed by atoms with Gasteiger partial charge in [-0.25, -0.2) is 0 Å². The lowest BCUT2D eigenvalue weighted by Gasteiger charge is -2.28. The van der Waals surface area contributed by atoms with Gasteiger partial charge in [-0.1, -0.05) is 103 Å². The molecule has 9 aromatic rings. The van der Waals surface area contributed by atoms with Gasteiger partial charge in [-0.2, -0.15) is 0 Å². The smallest absolute Gasteiger partial charge is 0.137 e. The summed E-state index contributed by atoms with van der Waals surface area (Å²) in [5.74, 6) is 0. The topological polar surface area (TPSA) is 16.4 Å². The lowest BCUT2D eigenvalue weighted by atomic mass is 9.99. The van der Waals surface area contributed by atoms with E-state index in [2.05, 4.69) is 144 Å². The van der Waals surface area contributed by atoms with Gasteiger partial charge < -0.3 is 9.32 Å². The highest BCUT2D eigenvalue weighted by atomic mass is 32.1. The zero-order chi connectivity index (χ0) is 28.3. The van der Waals surface area contributed by atoms with Crippen molar-refractivity contribution in [1.82, 2.24) is 0 Å². The molecule has 2 heterocycles. The molecule has 7 aromatic carbocycles. The molecule has 202 valence electrons. The molecule has 9 rings (SSSR count). The summed E-state index contributed by atoms with van der Waals surface area (Å²) in [7, 11) is 0. The van der Waals surface area contributed by atoms with Crippen LogP contribution in [0.4, 0.5) is 17.1 Å². The highest BCUT2D eigenvalue weighted by molar-refractivity contribution is 7.26. The van der Waals surface area contributed by atoms with E-state index in [-0.39, 0.29) is 0 Å². The zero-order valence-electron chi connectivity index (χ0n) is 23.2. The predicted octanol–water partition coefficient (Wildman–Crippen LogP) is 12.2. The van der Waals surface area contributed by atoms with Crippen molar-refractivity contribution >= 4 is 81.3 Å². The first-order valence-corrected chi connectivity index (χ1v) is 15.3. The largest absolute Gasteiger partial charge is 0.456 e. The monoisotopic (exact) mass is 567 g/mol. The molecule has 0 unspecified atom stereocenters. The molecular formula is C40H25NOS. The summed E-state index contributed by atoms with van der Waals surface area (Å²) in [4.78, 5) is 2.43. The van der Waals surface area contributed by atoms with Crippen LogP contribution in [0.15, 0.2) is 156 Å². The minimum Gasteiger partial charge on any atom is -0.456 e. The lowest BCUT2D eigenvalue weighted by Crippen LogP contribution is -2.11. The van der Waals surface area contributed by atoms with Gasteiger partial charge in [0.25, 0.3) is 0 Å². The summed E-state index contributed by atoms with van der Waals surface area (Å²) in [6.07, 6.45) is 0. The minimum absolute atomic E-state index is 0.884. The number of hydrogen-bond acceptors (Lipinski definition) is 3. The fraction of sp³-hybridized carbons (Fsp3) is 0. The average Bonchev–Trinajstić information content (AvgIpc) is 3.63. The molecule has 0 aliphatic heterocycles. The van der Waals surface area contributed by atoms with Gasteiger partial charge in [-0.15, -0.1) is 11.3 Å². The molecule has 0 atom stereocenters. The Balaban J connectivity index is 1.40. The first kappa shape index (κ1) is 24.2. The van der Waals surface area contributed by atoms with Crippen LogP contribution in [0.3, 0.4) is 0 Å². The molecule has 2 nitrogen and oxygen atoms in total. The van der Waals surface area contributed by atoms with Crippen LogP contribution in [-0.4, -0.2) is 0 Å². The maximum Gasteiger partial charge on any atom is 0.137 e. The number of fused-ring (bicyclic) bond motifs is 7. The fourth-order valence-corrected chi connectivity index (χ4v) is 7.63. The van der Waals surface area contributed by atoms with Crippen LogP contribution in [0.5, 0.6) is 0 Å². The normalized spacial score (nSPS) is 11.7. The van der Waals surface area contributed by atoms with Crippen molar-refractivity contribution in [2.75, 3.05) is 4.90 Å². The Kier molecular flexibility index (Phi) is 5.40. The van der Waals surface area contributed by atoms with Crippen LogP contribution in [0.2, 0.25) is 0 Å². The Hall–Kier alpha value is -5.38. The van der Waals surface area contributed by atoms with E-state index in [0.717, 1.165) is 33.3 Å². The average molecular weight is 568 g/mol. The Bertz CT molecular complexity index is 2470. The van der Waals surface area contributed by atoms with Crippen molar-refractivity contribution in [3.63, 3.8) is 0 Å². The van der Waals surface area contributed by atoms with E-state index in [1.165, 1.54) is 47.8 Å². The summed E-state index contributed by atoms with van der Waals surface area (Å²) in [5.41, 5.74) is 7.51. The van der Waals surface area contributed by atoms with Gasteiger partial charge in [0.05, 0.1) is 5.69 Å². The molecule has 0 radical (unpaired) electrons. The SMILES string of the molecule is c1ccc(-c2cccc(N(c3ccc4c(c3)oc3ccccc34)c3c4ccccc4cc4sc5ccccc5c34)c2)cc1. The highest BCUT2D eigenvalue weighted by Gasteiger charge is 2.23. The summed E-state index contributed by atoms with van der Waals surface area (Å²) in [6.45, 7) is 0. The lowest BCUT2D eigenvalue weighted by molar-refractivity contribution is 0.669. The maximum absolute atomic E-state index is 6.41. The van der Waals surface area contributed by atoms with Crippen molar-refractivity contribution in [1.29, 1.82) is 0 Å². The number of anilines is 3. The van der Waals surface area contributed by atoms with Crippen LogP contribution >= 0.6 is 11.3 Å². The molecule has 0 saturated carbocycles. The number of rotatable bonds is 4. The summed E-state index contributed by atoms with van der Waals surface area (Å²) in [5, 5.41) is 7.25. The summed E-state index contributed by atoms with van der Waals surface area (Å²) in [6, 6.07) is 54.3. The second kappa shape index (κ2) is 9.59. The van der Waals surface area contributed by atoms with Crippen molar-refractivity contribution in [3.05, 3.63) is 152 Å². The van der Waals surface area contributed by atoms with E-state index in [9.17, 15) is 0 Å². The summed E-state index contributed by atoms with van der Waals surface area (Å²) >= 11 is 1.86. The number of thiophene rings is 1. The Labute approximate surface area is 252 Å². The van der Waals surface area contributed by atoms with E-state index in [4.69, 9.17) is 4.42 Å². The number of nitrogens with zero attached hydrogens (tertiary/aromatic N) is 1. The van der Waals surface area contributed by atoms with Gasteiger partial charge in [0.2, 0.25) is 0 Å². The molecule has 0 amide bonds. The van der Waals surface area contributed by atoms with Gasteiger partial charge in [-0.3, -0.25) is 0 Å². The number of hydrogen-bond donors (Lipinski definition) is 0. The van der Waals surface area contributed by atoms with E-state index < -0.39 is 0 Å². The van der Waals surface area contributed by atoms with E-state index in [1.54, 1.807) is 0 Å². The van der Waals surface area contributed by atoms with Crippen molar-refractivity contribution < 1.29 is 4.42 Å². The van der Waals surface area contributed by atoms with Crippen LogP contribution in [0, 0.1) is 0 Å². The third-order valence-electron chi connectivity index (χ3n) is 8.42. The Morgan fingerprint density at radius 2 is 1.14 bits per heavy atom. The number of benzene rings is 7. The molecule has 0 N–H and O–H groups in total. The Morgan fingerprint density at radius 1 is 0.442 bits per heavy atom. The first-order chi connectivity index (χ1) is 21.3. The minimum atomic E-state index is 0.884. The molecule has 0 fully saturated rings. The van der Waals surface area contributed by atoms with Crippen LogP contribution < -0.4 is 4.90 Å². The van der Waals surface area contributed by atoms with Crippen LogP contribution in [0.1, 0.15) is 0 Å². The quantitative estimate of drug-likeness (QED) is 0.210. The number of furan rings is 1. The van der Waals surface area contributed by atoms with Crippen LogP contribution in [-0.2, 0) is 0 Å². The van der Waals surface area contributed by atoms with E-state index in [0.29, 0.717) is 0 Å². The molecule has 0 aliphatic carbocycles. The molecule has 0 saturated heterocycles. The van der Waals surface area contributed by atoms with Crippen LogP contribution in [0.25, 0.3) is 64.0 Å². The molecule has 0 aliphatic rings. The molecule has 43 heavy (non-hydrogen) atoms. The Morgan fingerprint density at radius 3 is 2.05 bits per heavy atom. The second-order valence-electron chi connectivity index (χ2n) is 10.9. The second-order valence-corrected chi connectivity index (χ2v) is 12.0. The first-order valence-electron chi connectivity index (χ1n) is 14.5. The molecular weight excluding hydrogens is 543 g/mol. The van der Waals surface area contributed by atoms with E-state index >= 15 is 0 Å².